The Labute approximate surface area is 154 Å². The molecule has 0 aromatic rings. The highest BCUT2D eigenvalue weighted by Crippen LogP contribution is 2.61. The Balaban J connectivity index is 6.40. The van der Waals surface area contributed by atoms with E-state index in [4.69, 9.17) is 0 Å². The van der Waals surface area contributed by atoms with Crippen LogP contribution in [0.3, 0.4) is 0 Å². The van der Waals surface area contributed by atoms with Crippen molar-refractivity contribution >= 4 is 5.97 Å². The largest absolute Gasteiger partial charge is 0.473 e. The second-order valence-electron chi connectivity index (χ2n) is 5.35. The first-order chi connectivity index (χ1) is 12.8. The van der Waals surface area contributed by atoms with Gasteiger partial charge in [0.15, 0.2) is 6.17 Å². The van der Waals surface area contributed by atoms with Crippen molar-refractivity contribution in [3.05, 3.63) is 12.7 Å². The molecule has 2 nitrogen and oxygen atoms in total. The molecule has 0 aromatic carbocycles. The molecule has 0 aliphatic rings. The molecule has 0 amide bonds. The number of carbonyl (C=O) groups excluding carboxylic acids is 1. The SMILES string of the molecule is C=CC(=O)OC(F)(F)C(F)(F)C(F)(F)C(F)(F)C(F)(F)C(F)(F)C(F)CC(F)(F)F. The van der Waals surface area contributed by atoms with E-state index >= 15 is 0 Å². The van der Waals surface area contributed by atoms with Gasteiger partial charge in [0.05, 0.1) is 6.42 Å². The quantitative estimate of drug-likeness (QED) is 0.235. The summed E-state index contributed by atoms with van der Waals surface area (Å²) in [4.78, 5) is 10.4. The van der Waals surface area contributed by atoms with Gasteiger partial charge in [0.2, 0.25) is 0 Å². The molecule has 0 saturated heterocycles. The van der Waals surface area contributed by atoms with E-state index in [2.05, 4.69) is 11.3 Å². The smallest absolute Gasteiger partial charge is 0.393 e. The van der Waals surface area contributed by atoms with Crippen molar-refractivity contribution in [2.24, 2.45) is 0 Å². The van der Waals surface area contributed by atoms with E-state index in [0.29, 0.717) is 0 Å². The van der Waals surface area contributed by atoms with Crippen molar-refractivity contribution in [1.29, 1.82) is 0 Å². The fourth-order valence-electron chi connectivity index (χ4n) is 1.55. The molecule has 0 aromatic heterocycles. The van der Waals surface area contributed by atoms with E-state index in [0.717, 1.165) is 0 Å². The number of esters is 1. The third-order valence-corrected chi connectivity index (χ3v) is 3.17. The van der Waals surface area contributed by atoms with Crippen LogP contribution in [0.25, 0.3) is 0 Å². The minimum absolute atomic E-state index is 0.409. The number of halogens is 16. The molecule has 0 spiro atoms. The number of alkyl halides is 16. The Bertz CT molecular complexity index is 649. The third kappa shape index (κ3) is 4.40. The fourth-order valence-corrected chi connectivity index (χ4v) is 1.55. The van der Waals surface area contributed by atoms with Gasteiger partial charge >= 0.3 is 47.9 Å². The van der Waals surface area contributed by atoms with Gasteiger partial charge in [0.25, 0.3) is 0 Å². The zero-order chi connectivity index (χ0) is 24.8. The van der Waals surface area contributed by atoms with E-state index in [1.165, 1.54) is 0 Å². The Morgan fingerprint density at radius 2 is 1.10 bits per heavy atom. The topological polar surface area (TPSA) is 26.3 Å². The predicted octanol–water partition coefficient (Wildman–Crippen LogP) is 5.78. The lowest BCUT2D eigenvalue weighted by atomic mass is 9.91. The molecule has 30 heavy (non-hydrogen) atoms. The monoisotopic (exact) mass is 486 g/mol. The van der Waals surface area contributed by atoms with Crippen LogP contribution in [-0.4, -0.2) is 54.0 Å². The molecule has 0 N–H and O–H groups in total. The summed E-state index contributed by atoms with van der Waals surface area (Å²) in [6, 6.07) is 0. The summed E-state index contributed by atoms with van der Waals surface area (Å²) in [6.45, 7) is 2.32. The van der Waals surface area contributed by atoms with Crippen LogP contribution < -0.4 is 0 Å². The van der Waals surface area contributed by atoms with Gasteiger partial charge in [0.1, 0.15) is 0 Å². The third-order valence-electron chi connectivity index (χ3n) is 3.17. The van der Waals surface area contributed by atoms with Crippen LogP contribution in [0.1, 0.15) is 6.42 Å². The highest BCUT2D eigenvalue weighted by atomic mass is 19.4. The van der Waals surface area contributed by atoms with Crippen LogP contribution >= 0.6 is 0 Å². The van der Waals surface area contributed by atoms with Crippen LogP contribution in [0, 0.1) is 0 Å². The Morgan fingerprint density at radius 3 is 1.43 bits per heavy atom. The van der Waals surface area contributed by atoms with E-state index in [1.807, 2.05) is 0 Å². The molecular weight excluding hydrogens is 480 g/mol. The summed E-state index contributed by atoms with van der Waals surface area (Å²) < 4.78 is 209. The molecule has 0 bridgehead atoms. The van der Waals surface area contributed by atoms with Crippen molar-refractivity contribution in [1.82, 2.24) is 0 Å². The molecule has 0 saturated carbocycles. The first kappa shape index (κ1) is 28.1. The Hall–Kier alpha value is -1.91. The van der Waals surface area contributed by atoms with Gasteiger partial charge in [-0.05, 0) is 0 Å². The molecular formula is C12H6F16O2. The Morgan fingerprint density at radius 1 is 0.733 bits per heavy atom. The summed E-state index contributed by atoms with van der Waals surface area (Å²) in [7, 11) is 0. The molecule has 0 aliphatic heterocycles. The van der Waals surface area contributed by atoms with Crippen molar-refractivity contribution in [3.8, 4) is 0 Å². The zero-order valence-electron chi connectivity index (χ0n) is 13.4. The number of carbonyl (C=O) groups is 1. The number of hydrogen-bond acceptors (Lipinski definition) is 2. The normalized spacial score (nSPS) is 16.3. The van der Waals surface area contributed by atoms with Crippen molar-refractivity contribution in [2.75, 3.05) is 0 Å². The van der Waals surface area contributed by atoms with Crippen molar-refractivity contribution in [3.63, 3.8) is 0 Å². The van der Waals surface area contributed by atoms with Crippen LogP contribution in [0.4, 0.5) is 70.2 Å². The molecule has 178 valence electrons. The maximum absolute atomic E-state index is 13.3. The van der Waals surface area contributed by atoms with E-state index in [-0.39, 0.29) is 0 Å². The van der Waals surface area contributed by atoms with Crippen LogP contribution in [0.2, 0.25) is 0 Å². The van der Waals surface area contributed by atoms with Crippen LogP contribution in [-0.2, 0) is 9.53 Å². The minimum atomic E-state index is -8.31. The first-order valence-corrected chi connectivity index (χ1v) is 6.66. The summed E-state index contributed by atoms with van der Waals surface area (Å²) in [5.74, 6) is -42.6. The average molecular weight is 486 g/mol. The lowest BCUT2D eigenvalue weighted by Gasteiger charge is -2.41. The van der Waals surface area contributed by atoms with Gasteiger partial charge in [0, 0.05) is 6.08 Å². The minimum Gasteiger partial charge on any atom is -0.393 e. The highest BCUT2D eigenvalue weighted by molar-refractivity contribution is 5.81. The first-order valence-electron chi connectivity index (χ1n) is 6.66. The summed E-state index contributed by atoms with van der Waals surface area (Å²) in [6.07, 6.45) is -22.6. The summed E-state index contributed by atoms with van der Waals surface area (Å²) >= 11 is 0. The van der Waals surface area contributed by atoms with Gasteiger partial charge in [-0.25, -0.2) is 9.18 Å². The van der Waals surface area contributed by atoms with Gasteiger partial charge in [-0.3, -0.25) is 0 Å². The maximum Gasteiger partial charge on any atom is 0.473 e. The van der Waals surface area contributed by atoms with Gasteiger partial charge < -0.3 is 4.74 Å². The molecule has 1 atom stereocenters. The lowest BCUT2D eigenvalue weighted by molar-refractivity contribution is -0.453. The predicted molar refractivity (Wildman–Crippen MR) is 61.5 cm³/mol. The van der Waals surface area contributed by atoms with Gasteiger partial charge in [-0.15, -0.1) is 0 Å². The molecule has 0 aliphatic carbocycles. The lowest BCUT2D eigenvalue weighted by Crippen LogP contribution is -2.72. The number of hydrogen-bond donors (Lipinski definition) is 0. The molecule has 1 unspecified atom stereocenters. The van der Waals surface area contributed by atoms with Crippen molar-refractivity contribution in [2.45, 2.75) is 54.5 Å². The zero-order valence-corrected chi connectivity index (χ0v) is 13.4. The molecule has 0 radical (unpaired) electrons. The van der Waals surface area contributed by atoms with Crippen LogP contribution in [0.5, 0.6) is 0 Å². The Kier molecular flexibility index (Phi) is 7.16. The number of ether oxygens (including phenoxy) is 1. The molecule has 0 fully saturated rings. The molecule has 0 rings (SSSR count). The van der Waals surface area contributed by atoms with E-state index in [1.54, 1.807) is 0 Å². The average Bonchev–Trinajstić information content (AvgIpc) is 2.51. The van der Waals surface area contributed by atoms with E-state index in [9.17, 15) is 75.0 Å². The molecule has 18 heteroatoms. The second-order valence-corrected chi connectivity index (χ2v) is 5.35. The maximum atomic E-state index is 13.3. The standard InChI is InChI=1S/C12H6F16O2/c1-2-5(29)30-12(27,28)11(25,26)10(23,24)9(21,22)8(19,20)7(17,18)4(13)3-6(14,15)16/h2,4H,1,3H2. The fraction of sp³-hybridized carbons (Fsp3) is 0.750. The van der Waals surface area contributed by atoms with Crippen LogP contribution in [0.15, 0.2) is 12.7 Å². The highest BCUT2D eigenvalue weighted by Gasteiger charge is 2.92. The summed E-state index contributed by atoms with van der Waals surface area (Å²) in [5, 5.41) is 0. The van der Waals surface area contributed by atoms with Crippen molar-refractivity contribution < 1.29 is 79.8 Å². The second kappa shape index (κ2) is 7.65. The van der Waals surface area contributed by atoms with Gasteiger partial charge in [-0.1, -0.05) is 6.58 Å². The van der Waals surface area contributed by atoms with Gasteiger partial charge in [-0.2, -0.15) is 65.9 Å². The molecule has 0 heterocycles. The summed E-state index contributed by atoms with van der Waals surface area (Å²) in [5.41, 5.74) is 0. The number of rotatable bonds is 9. The van der Waals surface area contributed by atoms with E-state index < -0.39 is 66.5 Å².